The Hall–Kier alpha value is -1.06. The van der Waals surface area contributed by atoms with E-state index in [1.165, 1.54) is 34.7 Å². The number of rotatable bonds is 7. The molecular weight excluding hydrogens is 300 g/mol. The lowest BCUT2D eigenvalue weighted by Crippen LogP contribution is -2.19. The first-order chi connectivity index (χ1) is 10.1. The van der Waals surface area contributed by atoms with E-state index in [-0.39, 0.29) is 0 Å². The Morgan fingerprint density at radius 2 is 2.05 bits per heavy atom. The average molecular weight is 323 g/mol. The zero-order valence-electron chi connectivity index (χ0n) is 13.0. The van der Waals surface area contributed by atoms with Crippen LogP contribution in [0.1, 0.15) is 34.7 Å². The first-order valence-electron chi connectivity index (χ1n) is 7.38. The second kappa shape index (κ2) is 7.81. The van der Waals surface area contributed by atoms with Crippen LogP contribution in [0.25, 0.3) is 0 Å². The van der Waals surface area contributed by atoms with Crippen molar-refractivity contribution in [3.05, 3.63) is 45.4 Å². The van der Waals surface area contributed by atoms with Gasteiger partial charge in [0.2, 0.25) is 0 Å². The van der Waals surface area contributed by atoms with Crippen molar-refractivity contribution in [2.75, 3.05) is 18.5 Å². The third-order valence-electron chi connectivity index (χ3n) is 3.63. The summed E-state index contributed by atoms with van der Waals surface area (Å²) in [4.78, 5) is 6.85. The van der Waals surface area contributed by atoms with E-state index in [9.17, 15) is 0 Å². The summed E-state index contributed by atoms with van der Waals surface area (Å²) < 4.78 is 0. The molecule has 0 saturated heterocycles. The predicted molar refractivity (Wildman–Crippen MR) is 93.8 cm³/mol. The second-order valence-electron chi connectivity index (χ2n) is 5.53. The summed E-state index contributed by atoms with van der Waals surface area (Å²) >= 11 is 7.50. The molecule has 0 spiro atoms. The molecule has 2 aromatic rings. The van der Waals surface area contributed by atoms with Gasteiger partial charge in [-0.1, -0.05) is 17.7 Å². The number of hydrogen-bond acceptors (Lipinski definition) is 3. The first-order valence-corrected chi connectivity index (χ1v) is 8.79. The molecule has 0 saturated carbocycles. The largest absolute Gasteiger partial charge is 0.374 e. The minimum absolute atomic E-state index is 0.520. The molecule has 0 fully saturated rings. The predicted octanol–water partition coefficient (Wildman–Crippen LogP) is 4.96. The monoisotopic (exact) mass is 322 g/mol. The summed E-state index contributed by atoms with van der Waals surface area (Å²) in [5, 5.41) is 3.27. The molecule has 21 heavy (non-hydrogen) atoms. The van der Waals surface area contributed by atoms with Crippen molar-refractivity contribution in [2.45, 2.75) is 39.0 Å². The third kappa shape index (κ3) is 4.72. The number of halogens is 1. The van der Waals surface area contributed by atoms with Gasteiger partial charge in [0.05, 0.1) is 16.6 Å². The smallest absolute Gasteiger partial charge is 0.0928 e. The minimum Gasteiger partial charge on any atom is -0.374 e. The third-order valence-corrected chi connectivity index (χ3v) is 4.87. The van der Waals surface area contributed by atoms with E-state index in [1.54, 1.807) is 11.3 Å². The Morgan fingerprint density at radius 1 is 1.24 bits per heavy atom. The minimum atomic E-state index is 0.520. The molecular formula is C17H23ClN2S. The van der Waals surface area contributed by atoms with Crippen LogP contribution in [0, 0.1) is 13.8 Å². The molecule has 4 heteroatoms. The van der Waals surface area contributed by atoms with E-state index >= 15 is 0 Å². The number of benzene rings is 1. The summed E-state index contributed by atoms with van der Waals surface area (Å²) in [6, 6.07) is 6.65. The maximum absolute atomic E-state index is 5.77. The molecule has 0 bridgehead atoms. The topological polar surface area (TPSA) is 16.1 Å². The Bertz CT molecular complexity index is 580. The molecule has 0 aliphatic carbocycles. The van der Waals surface area contributed by atoms with Crippen LogP contribution in [-0.2, 0) is 12.3 Å². The standard InChI is InChI=1S/C17H23ClN2S/c1-13-7-8-16(14(2)10-13)20(3)9-5-4-6-17-19-15(11-18)12-21-17/h7-8,10,12H,4-6,9,11H2,1-3H3. The van der Waals surface area contributed by atoms with E-state index in [4.69, 9.17) is 11.6 Å². The summed E-state index contributed by atoms with van der Waals surface area (Å²) in [5.41, 5.74) is 5.01. The van der Waals surface area contributed by atoms with E-state index in [0.717, 1.165) is 18.7 Å². The maximum Gasteiger partial charge on any atom is 0.0928 e. The van der Waals surface area contributed by atoms with Gasteiger partial charge in [-0.2, -0.15) is 0 Å². The van der Waals surface area contributed by atoms with Crippen molar-refractivity contribution in [3.8, 4) is 0 Å². The van der Waals surface area contributed by atoms with Crippen molar-refractivity contribution in [1.82, 2.24) is 4.98 Å². The molecule has 2 nitrogen and oxygen atoms in total. The fourth-order valence-electron chi connectivity index (χ4n) is 2.50. The Labute approximate surface area is 136 Å². The lowest BCUT2D eigenvalue weighted by molar-refractivity contribution is 0.715. The van der Waals surface area contributed by atoms with Crippen LogP contribution in [0.15, 0.2) is 23.6 Å². The molecule has 114 valence electrons. The average Bonchev–Trinajstić information content (AvgIpc) is 2.91. The summed E-state index contributed by atoms with van der Waals surface area (Å²) in [5.74, 6) is 0.520. The molecule has 1 aromatic carbocycles. The molecule has 2 rings (SSSR count). The van der Waals surface area contributed by atoms with E-state index < -0.39 is 0 Å². The van der Waals surface area contributed by atoms with Crippen molar-refractivity contribution in [3.63, 3.8) is 0 Å². The highest BCUT2D eigenvalue weighted by molar-refractivity contribution is 7.09. The van der Waals surface area contributed by atoms with Crippen molar-refractivity contribution in [1.29, 1.82) is 0 Å². The van der Waals surface area contributed by atoms with Gasteiger partial charge >= 0.3 is 0 Å². The van der Waals surface area contributed by atoms with Gasteiger partial charge in [0.1, 0.15) is 0 Å². The highest BCUT2D eigenvalue weighted by Gasteiger charge is 2.05. The fraction of sp³-hybridized carbons (Fsp3) is 0.471. The molecule has 1 heterocycles. The van der Waals surface area contributed by atoms with Gasteiger partial charge in [0, 0.05) is 24.7 Å². The van der Waals surface area contributed by atoms with Gasteiger partial charge in [-0.3, -0.25) is 0 Å². The molecule has 0 amide bonds. The zero-order chi connectivity index (χ0) is 15.2. The van der Waals surface area contributed by atoms with Crippen LogP contribution in [0.5, 0.6) is 0 Å². The van der Waals surface area contributed by atoms with Crippen LogP contribution in [0.2, 0.25) is 0 Å². The van der Waals surface area contributed by atoms with Gasteiger partial charge < -0.3 is 4.90 Å². The summed E-state index contributed by atoms with van der Waals surface area (Å²) in [7, 11) is 2.17. The van der Waals surface area contributed by atoms with Crippen LogP contribution >= 0.6 is 22.9 Å². The van der Waals surface area contributed by atoms with Crippen LogP contribution in [0.3, 0.4) is 0 Å². The van der Waals surface area contributed by atoms with Gasteiger partial charge in [-0.25, -0.2) is 4.98 Å². The highest BCUT2D eigenvalue weighted by Crippen LogP contribution is 2.20. The van der Waals surface area contributed by atoms with Gasteiger partial charge in [0.25, 0.3) is 0 Å². The van der Waals surface area contributed by atoms with Crippen LogP contribution in [-0.4, -0.2) is 18.6 Å². The number of aryl methyl sites for hydroxylation is 3. The number of alkyl halides is 1. The van der Waals surface area contributed by atoms with E-state index in [2.05, 4.69) is 54.4 Å². The fourth-order valence-corrected chi connectivity index (χ4v) is 3.57. The van der Waals surface area contributed by atoms with Gasteiger partial charge in [-0.05, 0) is 44.7 Å². The van der Waals surface area contributed by atoms with Crippen molar-refractivity contribution in [2.24, 2.45) is 0 Å². The molecule has 1 aromatic heterocycles. The SMILES string of the molecule is Cc1ccc(N(C)CCCCc2nc(CCl)cs2)c(C)c1. The molecule has 0 aliphatic heterocycles. The van der Waals surface area contributed by atoms with E-state index in [0.29, 0.717) is 5.88 Å². The molecule has 0 radical (unpaired) electrons. The molecule has 0 unspecified atom stereocenters. The van der Waals surface area contributed by atoms with Gasteiger partial charge in [0.15, 0.2) is 0 Å². The molecule has 0 N–H and O–H groups in total. The Balaban J connectivity index is 1.77. The number of thiazole rings is 1. The number of hydrogen-bond donors (Lipinski definition) is 0. The van der Waals surface area contributed by atoms with Crippen molar-refractivity contribution >= 4 is 28.6 Å². The maximum atomic E-state index is 5.77. The number of anilines is 1. The van der Waals surface area contributed by atoms with Crippen LogP contribution in [0.4, 0.5) is 5.69 Å². The highest BCUT2D eigenvalue weighted by atomic mass is 35.5. The van der Waals surface area contributed by atoms with Crippen LogP contribution < -0.4 is 4.90 Å². The second-order valence-corrected chi connectivity index (χ2v) is 6.74. The van der Waals surface area contributed by atoms with Crippen molar-refractivity contribution < 1.29 is 0 Å². The number of nitrogens with zero attached hydrogens (tertiary/aromatic N) is 2. The Morgan fingerprint density at radius 3 is 2.71 bits per heavy atom. The summed E-state index contributed by atoms with van der Waals surface area (Å²) in [6.07, 6.45) is 3.41. The molecule has 0 aliphatic rings. The summed E-state index contributed by atoms with van der Waals surface area (Å²) in [6.45, 7) is 5.40. The zero-order valence-corrected chi connectivity index (χ0v) is 14.6. The lowest BCUT2D eigenvalue weighted by Gasteiger charge is -2.21. The molecule has 0 atom stereocenters. The lowest BCUT2D eigenvalue weighted by atomic mass is 10.1. The Kier molecular flexibility index (Phi) is 6.07. The first kappa shape index (κ1) is 16.3. The van der Waals surface area contributed by atoms with Gasteiger partial charge in [-0.15, -0.1) is 22.9 Å². The number of unbranched alkanes of at least 4 members (excludes halogenated alkanes) is 1. The quantitative estimate of drug-likeness (QED) is 0.529. The normalized spacial score (nSPS) is 10.9. The number of aromatic nitrogens is 1. The van der Waals surface area contributed by atoms with E-state index in [1.807, 2.05) is 0 Å².